The minimum Gasteiger partial charge on any atom is -0.362 e. The van der Waals surface area contributed by atoms with Crippen LogP contribution in [0.4, 0.5) is 5.69 Å². The second-order valence-electron chi connectivity index (χ2n) is 2.35. The number of benzene rings is 1. The largest absolute Gasteiger partial charge is 0.362 e. The van der Waals surface area contributed by atoms with Crippen LogP contribution < -0.4 is 5.31 Å². The normalized spacial score (nSPS) is 16.4. The molecule has 0 saturated carbocycles. The van der Waals surface area contributed by atoms with Crippen molar-refractivity contribution in [1.29, 1.82) is 0 Å². The summed E-state index contributed by atoms with van der Waals surface area (Å²) in [5, 5.41) is 1.40. The van der Waals surface area contributed by atoms with Crippen LogP contribution in [0.15, 0.2) is 36.5 Å². The van der Waals surface area contributed by atoms with Crippen LogP contribution in [0.1, 0.15) is 5.56 Å². The van der Waals surface area contributed by atoms with Crippen molar-refractivity contribution in [3.63, 3.8) is 0 Å². The van der Waals surface area contributed by atoms with Crippen LogP contribution in [-0.4, -0.2) is 0 Å². The van der Waals surface area contributed by atoms with Gasteiger partial charge in [0.15, 0.2) is 1.41 Å². The van der Waals surface area contributed by atoms with Gasteiger partial charge >= 0.3 is 0 Å². The molecule has 1 heteroatoms. The summed E-state index contributed by atoms with van der Waals surface area (Å²) in [4.78, 5) is 0. The SMILES string of the molecule is [2H]N1C=CCc2ccccc21. The van der Waals surface area contributed by atoms with Crippen molar-refractivity contribution in [1.82, 2.24) is 0 Å². The number of rotatable bonds is 0. The molecular formula is C9H9N. The highest BCUT2D eigenvalue weighted by molar-refractivity contribution is 5.55. The number of nitrogens with one attached hydrogen (secondary N) is 1. The Kier molecular flexibility index (Phi) is 0.992. The zero-order valence-electron chi connectivity index (χ0n) is 6.62. The second kappa shape index (κ2) is 2.18. The van der Waals surface area contributed by atoms with Gasteiger partial charge in [-0.2, -0.15) is 0 Å². The molecular weight excluding hydrogens is 122 g/mol. The standard InChI is InChI=1S/C9H9N/c1-2-6-9-8(4-1)5-3-7-10-9/h1-4,6-7,10H,5H2/i/hD. The Labute approximate surface area is 61.8 Å². The topological polar surface area (TPSA) is 12.0 Å². The van der Waals surface area contributed by atoms with Gasteiger partial charge in [-0.05, 0) is 24.3 Å². The third-order valence-corrected chi connectivity index (χ3v) is 1.65. The number of hydrogen-bond donors (Lipinski definition) is 1. The van der Waals surface area contributed by atoms with E-state index in [1.54, 1.807) is 6.20 Å². The van der Waals surface area contributed by atoms with Gasteiger partial charge in [-0.3, -0.25) is 0 Å². The van der Waals surface area contributed by atoms with E-state index in [0.29, 0.717) is 0 Å². The van der Waals surface area contributed by atoms with Gasteiger partial charge in [0.2, 0.25) is 0 Å². The summed E-state index contributed by atoms with van der Waals surface area (Å²) < 4.78 is 7.50. The van der Waals surface area contributed by atoms with Gasteiger partial charge in [0.25, 0.3) is 0 Å². The van der Waals surface area contributed by atoms with Crippen LogP contribution in [0.3, 0.4) is 0 Å². The average molecular weight is 132 g/mol. The van der Waals surface area contributed by atoms with E-state index in [2.05, 4.69) is 6.07 Å². The van der Waals surface area contributed by atoms with E-state index in [4.69, 9.17) is 1.41 Å². The van der Waals surface area contributed by atoms with E-state index in [-0.39, 0.29) is 0 Å². The first-order valence-electron chi connectivity index (χ1n) is 3.85. The molecule has 0 saturated heterocycles. The molecule has 2 rings (SSSR count). The highest BCUT2D eigenvalue weighted by Crippen LogP contribution is 2.18. The van der Waals surface area contributed by atoms with Crippen LogP contribution in [-0.2, 0) is 6.42 Å². The van der Waals surface area contributed by atoms with Crippen LogP contribution in [0.5, 0.6) is 0 Å². The maximum absolute atomic E-state index is 7.50. The molecule has 0 bridgehead atoms. The lowest BCUT2D eigenvalue weighted by molar-refractivity contribution is 1.22. The van der Waals surface area contributed by atoms with Crippen molar-refractivity contribution in [2.45, 2.75) is 6.42 Å². The van der Waals surface area contributed by atoms with E-state index >= 15 is 0 Å². The summed E-state index contributed by atoms with van der Waals surface area (Å²) in [5.41, 5.74) is 2.22. The highest BCUT2D eigenvalue weighted by atomic mass is 14.8. The fourth-order valence-corrected chi connectivity index (χ4v) is 1.12. The molecule has 1 aliphatic rings. The monoisotopic (exact) mass is 132 g/mol. The van der Waals surface area contributed by atoms with Gasteiger partial charge in [0.1, 0.15) is 0 Å². The molecule has 0 fully saturated rings. The predicted molar refractivity (Wildman–Crippen MR) is 42.9 cm³/mol. The van der Waals surface area contributed by atoms with Gasteiger partial charge in [-0.25, -0.2) is 0 Å². The number of para-hydroxylation sites is 1. The molecule has 1 heterocycles. The summed E-state index contributed by atoms with van der Waals surface area (Å²) >= 11 is 0. The lowest BCUT2D eigenvalue weighted by atomic mass is 10.1. The third-order valence-electron chi connectivity index (χ3n) is 1.65. The first kappa shape index (κ1) is 4.56. The molecule has 0 aromatic heterocycles. The fraction of sp³-hybridized carbons (Fsp3) is 0.111. The van der Waals surface area contributed by atoms with Crippen LogP contribution in [0, 0.1) is 0 Å². The minimum absolute atomic E-state index is 0.950. The molecule has 1 aromatic carbocycles. The predicted octanol–water partition coefficient (Wildman–Crippen LogP) is 2.17. The fourth-order valence-electron chi connectivity index (χ4n) is 1.12. The summed E-state index contributed by atoms with van der Waals surface area (Å²) in [6.45, 7) is 0. The van der Waals surface area contributed by atoms with Crippen LogP contribution in [0.2, 0.25) is 1.41 Å². The third kappa shape index (κ3) is 0.798. The quantitative estimate of drug-likeness (QED) is 0.570. The van der Waals surface area contributed by atoms with E-state index in [1.165, 1.54) is 10.9 Å². The van der Waals surface area contributed by atoms with Crippen molar-refractivity contribution < 1.29 is 1.41 Å². The smallest absolute Gasteiger partial charge is 0.166 e. The first-order chi connectivity index (χ1) is 5.38. The zero-order chi connectivity index (χ0) is 7.68. The summed E-state index contributed by atoms with van der Waals surface area (Å²) in [7, 11) is 0. The van der Waals surface area contributed by atoms with Crippen molar-refractivity contribution in [3.05, 3.63) is 42.1 Å². The zero-order valence-corrected chi connectivity index (χ0v) is 5.62. The number of hydrogen-bond acceptors (Lipinski definition) is 1. The van der Waals surface area contributed by atoms with Crippen molar-refractivity contribution in [2.24, 2.45) is 0 Å². The van der Waals surface area contributed by atoms with Gasteiger partial charge < -0.3 is 5.31 Å². The summed E-state index contributed by atoms with van der Waals surface area (Å²) in [5.74, 6) is 0. The number of anilines is 1. The average Bonchev–Trinajstić information content (AvgIpc) is 2.06. The van der Waals surface area contributed by atoms with E-state index in [0.717, 1.165) is 12.1 Å². The maximum Gasteiger partial charge on any atom is 0.166 e. The molecule has 0 aliphatic carbocycles. The molecule has 50 valence electrons. The Bertz CT molecular complexity index is 293. The van der Waals surface area contributed by atoms with E-state index < -0.39 is 0 Å². The van der Waals surface area contributed by atoms with Gasteiger partial charge in [0, 0.05) is 5.69 Å². The number of allylic oxidation sites excluding steroid dienone is 1. The highest BCUT2D eigenvalue weighted by Gasteiger charge is 1.99. The maximum atomic E-state index is 7.50. The Morgan fingerprint density at radius 1 is 1.40 bits per heavy atom. The number of fused-ring (bicyclic) bond motifs is 1. The van der Waals surface area contributed by atoms with E-state index in [9.17, 15) is 0 Å². The summed E-state index contributed by atoms with van der Waals surface area (Å²) in [6, 6.07) is 7.98. The Hall–Kier alpha value is -1.24. The molecule has 1 nitrogen and oxygen atoms in total. The van der Waals surface area contributed by atoms with Crippen molar-refractivity contribution >= 4 is 5.69 Å². The molecule has 10 heavy (non-hydrogen) atoms. The Morgan fingerprint density at radius 2 is 2.30 bits per heavy atom. The molecule has 0 unspecified atom stereocenters. The molecule has 0 spiro atoms. The van der Waals surface area contributed by atoms with Crippen LogP contribution in [0.25, 0.3) is 0 Å². The Balaban J connectivity index is 2.50. The second-order valence-corrected chi connectivity index (χ2v) is 2.35. The minimum atomic E-state index is 0.950. The lowest BCUT2D eigenvalue weighted by Gasteiger charge is -2.10. The summed E-state index contributed by atoms with van der Waals surface area (Å²) in [6.07, 6.45) is 4.73. The van der Waals surface area contributed by atoms with Gasteiger partial charge in [0.05, 0.1) is 0 Å². The van der Waals surface area contributed by atoms with Crippen molar-refractivity contribution in [3.8, 4) is 0 Å². The molecule has 0 atom stereocenters. The molecule has 0 radical (unpaired) electrons. The van der Waals surface area contributed by atoms with Crippen LogP contribution >= 0.6 is 0 Å². The van der Waals surface area contributed by atoms with Gasteiger partial charge in [-0.15, -0.1) is 0 Å². The molecule has 0 amide bonds. The van der Waals surface area contributed by atoms with E-state index in [1.807, 2.05) is 24.3 Å². The first-order valence-corrected chi connectivity index (χ1v) is 3.40. The lowest BCUT2D eigenvalue weighted by Crippen LogP contribution is -1.98. The Morgan fingerprint density at radius 3 is 3.20 bits per heavy atom. The molecule has 1 N–H and O–H groups in total. The van der Waals surface area contributed by atoms with Gasteiger partial charge in [-0.1, -0.05) is 24.3 Å². The molecule has 1 aliphatic heterocycles. The van der Waals surface area contributed by atoms with Crippen molar-refractivity contribution in [2.75, 3.05) is 5.31 Å². The molecule has 1 aromatic rings.